The second-order valence-electron chi connectivity index (χ2n) is 10.2. The summed E-state index contributed by atoms with van der Waals surface area (Å²) in [7, 11) is 0. The number of nitrogens with two attached hydrogens (primary N) is 1. The second kappa shape index (κ2) is 13.5. The Kier molecular flexibility index (Phi) is 10.4. The van der Waals surface area contributed by atoms with E-state index in [0.717, 1.165) is 42.9 Å². The minimum atomic E-state index is -0.260. The van der Waals surface area contributed by atoms with Crippen molar-refractivity contribution < 1.29 is 14.6 Å². The number of rotatable bonds is 9. The van der Waals surface area contributed by atoms with Crippen molar-refractivity contribution in [2.24, 2.45) is 5.92 Å². The summed E-state index contributed by atoms with van der Waals surface area (Å²) in [6.45, 7) is 13.1. The number of hydrogen-bond donors (Lipinski definition) is 3. The molecule has 37 heavy (non-hydrogen) atoms. The summed E-state index contributed by atoms with van der Waals surface area (Å²) in [4.78, 5) is 17.5. The molecule has 1 amide bonds. The normalized spacial score (nSPS) is 15.2. The third-order valence-corrected chi connectivity index (χ3v) is 7.01. The molecule has 2 heterocycles. The van der Waals surface area contributed by atoms with Crippen LogP contribution in [0, 0.1) is 11.3 Å². The molecule has 0 atom stereocenters. The van der Waals surface area contributed by atoms with Gasteiger partial charge in [-0.2, -0.15) is 0 Å². The van der Waals surface area contributed by atoms with E-state index >= 15 is 0 Å². The lowest BCUT2D eigenvalue weighted by atomic mass is 9.97. The van der Waals surface area contributed by atoms with Gasteiger partial charge in [0.15, 0.2) is 0 Å². The maximum Gasteiger partial charge on any atom is 0.258 e. The van der Waals surface area contributed by atoms with Gasteiger partial charge in [-0.15, -0.1) is 0 Å². The topological polar surface area (TPSA) is 103 Å². The Balaban J connectivity index is 0.00000186. The first-order valence-corrected chi connectivity index (χ1v) is 13.8. The fourth-order valence-corrected chi connectivity index (χ4v) is 4.85. The molecule has 4 N–H and O–H groups in total. The average molecular weight is 509 g/mol. The highest BCUT2D eigenvalue weighted by Crippen LogP contribution is 2.32. The third-order valence-electron chi connectivity index (χ3n) is 7.01. The van der Waals surface area contributed by atoms with E-state index in [1.807, 2.05) is 32.0 Å². The van der Waals surface area contributed by atoms with Crippen molar-refractivity contribution in [3.8, 4) is 11.5 Å². The van der Waals surface area contributed by atoms with Crippen molar-refractivity contribution in [2.45, 2.75) is 72.9 Å². The number of aromatic hydroxyl groups is 1. The number of piperidine rings is 1. The number of phenolic OH excluding ortho intramolecular Hbond substituents is 1. The van der Waals surface area contributed by atoms with Gasteiger partial charge in [0.2, 0.25) is 0 Å². The molecule has 2 aromatic rings. The minimum absolute atomic E-state index is 0.148. The van der Waals surface area contributed by atoms with E-state index in [1.165, 1.54) is 25.3 Å². The van der Waals surface area contributed by atoms with E-state index in [1.54, 1.807) is 11.0 Å². The van der Waals surface area contributed by atoms with E-state index in [0.29, 0.717) is 49.0 Å². The molecule has 0 spiro atoms. The van der Waals surface area contributed by atoms with Crippen LogP contribution in [0.4, 0.5) is 5.69 Å². The van der Waals surface area contributed by atoms with E-state index in [9.17, 15) is 9.90 Å². The van der Waals surface area contributed by atoms with Crippen LogP contribution in [-0.4, -0.2) is 52.8 Å². The van der Waals surface area contributed by atoms with Gasteiger partial charge in [0, 0.05) is 42.7 Å². The number of benzene rings is 2. The van der Waals surface area contributed by atoms with Crippen LogP contribution in [0.2, 0.25) is 0 Å². The molecule has 2 aliphatic rings. The monoisotopic (exact) mass is 508 g/mol. The van der Waals surface area contributed by atoms with Gasteiger partial charge in [-0.1, -0.05) is 40.2 Å². The van der Waals surface area contributed by atoms with E-state index < -0.39 is 0 Å². The largest absolute Gasteiger partial charge is 0.507 e. The molecule has 1 saturated heterocycles. The van der Waals surface area contributed by atoms with E-state index in [-0.39, 0.29) is 17.2 Å². The van der Waals surface area contributed by atoms with Crippen molar-refractivity contribution in [1.82, 2.24) is 9.80 Å². The number of phenols is 1. The second-order valence-corrected chi connectivity index (χ2v) is 10.2. The van der Waals surface area contributed by atoms with Crippen LogP contribution in [0.5, 0.6) is 11.5 Å². The van der Waals surface area contributed by atoms with Gasteiger partial charge in [-0.25, -0.2) is 0 Å². The van der Waals surface area contributed by atoms with Crippen LogP contribution in [0.25, 0.3) is 0 Å². The number of carbonyl (C=O) groups excluding carboxylic acids is 1. The predicted molar refractivity (Wildman–Crippen MR) is 151 cm³/mol. The molecule has 0 aromatic heterocycles. The smallest absolute Gasteiger partial charge is 0.258 e. The first kappa shape index (κ1) is 28.5. The fraction of sp³-hybridized carbons (Fsp3) is 0.533. The Morgan fingerprint density at radius 3 is 2.46 bits per heavy atom. The summed E-state index contributed by atoms with van der Waals surface area (Å²) < 4.78 is 6.01. The van der Waals surface area contributed by atoms with Crippen molar-refractivity contribution in [3.05, 3.63) is 52.6 Å². The Bertz CT molecular complexity index is 1080. The number of nitrogens with one attached hydrogen (secondary N) is 1. The molecular weight excluding hydrogens is 464 g/mol. The first-order chi connectivity index (χ1) is 17.8. The van der Waals surface area contributed by atoms with Crippen molar-refractivity contribution in [2.75, 3.05) is 32.0 Å². The Hall–Kier alpha value is -3.06. The Morgan fingerprint density at radius 2 is 1.76 bits per heavy atom. The molecule has 1 fully saturated rings. The third kappa shape index (κ3) is 7.48. The molecule has 202 valence electrons. The number of amides is 1. The highest BCUT2D eigenvalue weighted by molar-refractivity contribution is 6.06. The molecule has 0 aliphatic carbocycles. The van der Waals surface area contributed by atoms with Gasteiger partial charge < -0.3 is 25.9 Å². The van der Waals surface area contributed by atoms with Gasteiger partial charge >= 0.3 is 0 Å². The fourth-order valence-electron chi connectivity index (χ4n) is 4.85. The number of nitrogen functional groups attached to an aromatic ring is 1. The van der Waals surface area contributed by atoms with Crippen LogP contribution in [0.1, 0.15) is 86.8 Å². The zero-order chi connectivity index (χ0) is 26.9. The van der Waals surface area contributed by atoms with Crippen molar-refractivity contribution in [1.29, 1.82) is 5.41 Å². The van der Waals surface area contributed by atoms with Gasteiger partial charge in [0.05, 0.1) is 5.56 Å². The molecule has 7 nitrogen and oxygen atoms in total. The number of carbonyl (C=O) groups is 1. The highest BCUT2D eigenvalue weighted by atomic mass is 16.5. The minimum Gasteiger partial charge on any atom is -0.507 e. The SMILES string of the molecule is CC.CC(C)CCC(=N)c1cc(C(=O)N2Cc3ccc(OCCN4CCCCC4)cc3C2)c(O)cc1N. The molecule has 0 radical (unpaired) electrons. The molecule has 2 aromatic carbocycles. The number of nitrogens with zero attached hydrogens (tertiary/aromatic N) is 2. The van der Waals surface area contributed by atoms with Crippen LogP contribution in [0.3, 0.4) is 0 Å². The van der Waals surface area contributed by atoms with Crippen LogP contribution in [-0.2, 0) is 13.1 Å². The zero-order valence-electron chi connectivity index (χ0n) is 23.0. The summed E-state index contributed by atoms with van der Waals surface area (Å²) in [6, 6.07) is 8.99. The summed E-state index contributed by atoms with van der Waals surface area (Å²) in [5, 5.41) is 18.9. The molecular formula is C30H44N4O3. The lowest BCUT2D eigenvalue weighted by Crippen LogP contribution is -2.33. The van der Waals surface area contributed by atoms with E-state index in [4.69, 9.17) is 15.9 Å². The lowest BCUT2D eigenvalue weighted by molar-refractivity contribution is 0.0748. The number of fused-ring (bicyclic) bond motifs is 1. The number of anilines is 1. The number of likely N-dealkylation sites (tertiary alicyclic amines) is 1. The van der Waals surface area contributed by atoms with Crippen LogP contribution < -0.4 is 10.5 Å². The van der Waals surface area contributed by atoms with Crippen molar-refractivity contribution >= 4 is 17.3 Å². The molecule has 0 unspecified atom stereocenters. The van der Waals surface area contributed by atoms with Gasteiger partial charge in [-0.3, -0.25) is 9.69 Å². The highest BCUT2D eigenvalue weighted by Gasteiger charge is 2.27. The molecule has 2 aliphatic heterocycles. The summed E-state index contributed by atoms with van der Waals surface area (Å²) in [5.74, 6) is 0.887. The number of ether oxygens (including phenoxy) is 1. The predicted octanol–water partition coefficient (Wildman–Crippen LogP) is 5.83. The maximum absolute atomic E-state index is 13.3. The average Bonchev–Trinajstić information content (AvgIpc) is 3.32. The molecule has 7 heteroatoms. The summed E-state index contributed by atoms with van der Waals surface area (Å²) in [6.07, 6.45) is 5.31. The Labute approximate surface area is 222 Å². The summed E-state index contributed by atoms with van der Waals surface area (Å²) in [5.41, 5.74) is 9.65. The lowest BCUT2D eigenvalue weighted by Gasteiger charge is -2.26. The van der Waals surface area contributed by atoms with Gasteiger partial charge in [0.1, 0.15) is 18.1 Å². The van der Waals surface area contributed by atoms with Gasteiger partial charge in [-0.05, 0) is 74.0 Å². The van der Waals surface area contributed by atoms with Crippen LogP contribution >= 0.6 is 0 Å². The zero-order valence-corrected chi connectivity index (χ0v) is 23.0. The maximum atomic E-state index is 13.3. The molecule has 0 bridgehead atoms. The van der Waals surface area contributed by atoms with Gasteiger partial charge in [0.25, 0.3) is 5.91 Å². The molecule has 4 rings (SSSR count). The summed E-state index contributed by atoms with van der Waals surface area (Å²) >= 11 is 0. The Morgan fingerprint density at radius 1 is 1.05 bits per heavy atom. The molecule has 0 saturated carbocycles. The first-order valence-electron chi connectivity index (χ1n) is 13.8. The quantitative estimate of drug-likeness (QED) is 0.292. The standard InChI is InChI=1S/C28H38N4O3.C2H6/c1-19(2)6-9-25(29)23-15-24(27(33)16-26(23)30)28(34)32-17-20-7-8-22(14-21(20)18-32)35-13-12-31-10-4-3-5-11-31;1-2/h7-8,14-16,19,29,33H,3-6,9-13,17-18,30H2,1-2H3;1-2H3. The van der Waals surface area contributed by atoms with Crippen LogP contribution in [0.15, 0.2) is 30.3 Å². The van der Waals surface area contributed by atoms with E-state index in [2.05, 4.69) is 18.7 Å². The van der Waals surface area contributed by atoms with Crippen molar-refractivity contribution in [3.63, 3.8) is 0 Å². The number of hydrogen-bond acceptors (Lipinski definition) is 6.